The van der Waals surface area contributed by atoms with Crippen molar-refractivity contribution in [3.05, 3.63) is 63.9 Å². The molecule has 0 aliphatic carbocycles. The summed E-state index contributed by atoms with van der Waals surface area (Å²) in [6, 6.07) is 9.49. The van der Waals surface area contributed by atoms with Gasteiger partial charge in [0.15, 0.2) is 17.2 Å². The Bertz CT molecular complexity index is 940. The molecule has 0 spiro atoms. The number of nitrogens with zero attached hydrogens (tertiary/aromatic N) is 1. The van der Waals surface area contributed by atoms with Crippen LogP contribution in [0.2, 0.25) is 5.02 Å². The van der Waals surface area contributed by atoms with Gasteiger partial charge in [0.2, 0.25) is 0 Å². The number of methoxy groups -OCH3 is 1. The van der Waals surface area contributed by atoms with Crippen LogP contribution in [0.15, 0.2) is 41.8 Å². The SMILES string of the molecule is COc1cc(-c2nc(C(=O)O)cs2)ccc1OCc1c(F)cccc1Cl. The number of hydrogen-bond acceptors (Lipinski definition) is 5. The number of aromatic carboxylic acids is 1. The predicted molar refractivity (Wildman–Crippen MR) is 96.8 cm³/mol. The minimum atomic E-state index is -1.08. The summed E-state index contributed by atoms with van der Waals surface area (Å²) in [6.45, 7) is -0.0539. The Kier molecular flexibility index (Phi) is 5.39. The van der Waals surface area contributed by atoms with E-state index in [1.807, 2.05) is 0 Å². The third kappa shape index (κ3) is 3.79. The van der Waals surface area contributed by atoms with Gasteiger partial charge in [-0.3, -0.25) is 0 Å². The van der Waals surface area contributed by atoms with Crippen molar-refractivity contribution < 1.29 is 23.8 Å². The van der Waals surface area contributed by atoms with Crippen molar-refractivity contribution in [2.24, 2.45) is 0 Å². The van der Waals surface area contributed by atoms with Gasteiger partial charge in [-0.2, -0.15) is 0 Å². The summed E-state index contributed by atoms with van der Waals surface area (Å²) >= 11 is 7.21. The van der Waals surface area contributed by atoms with E-state index in [2.05, 4.69) is 4.98 Å². The van der Waals surface area contributed by atoms with Crippen molar-refractivity contribution in [2.45, 2.75) is 6.61 Å². The average molecular weight is 394 g/mol. The first-order valence-corrected chi connectivity index (χ1v) is 8.68. The molecule has 0 bridgehead atoms. The van der Waals surface area contributed by atoms with Crippen LogP contribution in [0.4, 0.5) is 4.39 Å². The number of rotatable bonds is 6. The van der Waals surface area contributed by atoms with Gasteiger partial charge in [-0.1, -0.05) is 17.7 Å². The van der Waals surface area contributed by atoms with Crippen molar-refractivity contribution >= 4 is 28.9 Å². The van der Waals surface area contributed by atoms with Gasteiger partial charge in [0.25, 0.3) is 0 Å². The first-order chi connectivity index (χ1) is 12.5. The van der Waals surface area contributed by atoms with Crippen molar-refractivity contribution in [2.75, 3.05) is 7.11 Å². The highest BCUT2D eigenvalue weighted by atomic mass is 35.5. The van der Waals surface area contributed by atoms with E-state index in [4.69, 9.17) is 26.2 Å². The van der Waals surface area contributed by atoms with Gasteiger partial charge in [-0.05, 0) is 30.3 Å². The molecule has 0 saturated carbocycles. The van der Waals surface area contributed by atoms with Crippen molar-refractivity contribution in [1.82, 2.24) is 4.98 Å². The predicted octanol–water partition coefficient (Wildman–Crippen LogP) is 4.89. The van der Waals surface area contributed by atoms with E-state index < -0.39 is 11.8 Å². The van der Waals surface area contributed by atoms with Crippen molar-refractivity contribution in [3.8, 4) is 22.1 Å². The number of halogens is 2. The Labute approximate surface area is 157 Å². The lowest BCUT2D eigenvalue weighted by Gasteiger charge is -2.13. The lowest BCUT2D eigenvalue weighted by atomic mass is 10.2. The van der Waals surface area contributed by atoms with Crippen LogP contribution in [-0.2, 0) is 6.61 Å². The fraction of sp³-hybridized carbons (Fsp3) is 0.111. The molecule has 5 nitrogen and oxygen atoms in total. The average Bonchev–Trinajstić information content (AvgIpc) is 3.12. The smallest absolute Gasteiger partial charge is 0.355 e. The number of ether oxygens (including phenoxy) is 2. The fourth-order valence-electron chi connectivity index (χ4n) is 2.24. The first-order valence-electron chi connectivity index (χ1n) is 7.42. The summed E-state index contributed by atoms with van der Waals surface area (Å²) in [6.07, 6.45) is 0. The first kappa shape index (κ1) is 18.2. The molecule has 1 heterocycles. The number of carbonyl (C=O) groups is 1. The molecule has 3 aromatic rings. The molecular weight excluding hydrogens is 381 g/mol. The Hall–Kier alpha value is -2.64. The summed E-state index contributed by atoms with van der Waals surface area (Å²) in [7, 11) is 1.48. The highest BCUT2D eigenvalue weighted by Gasteiger charge is 2.14. The molecule has 0 amide bonds. The highest BCUT2D eigenvalue weighted by Crippen LogP contribution is 2.34. The molecule has 8 heteroatoms. The van der Waals surface area contributed by atoms with E-state index in [0.29, 0.717) is 22.1 Å². The lowest BCUT2D eigenvalue weighted by molar-refractivity contribution is 0.0691. The summed E-state index contributed by atoms with van der Waals surface area (Å²) in [5, 5.41) is 11.3. The van der Waals surface area contributed by atoms with Crippen LogP contribution in [0.1, 0.15) is 16.1 Å². The van der Waals surface area contributed by atoms with Gasteiger partial charge < -0.3 is 14.6 Å². The zero-order chi connectivity index (χ0) is 18.7. The van der Waals surface area contributed by atoms with Crippen LogP contribution >= 0.6 is 22.9 Å². The van der Waals surface area contributed by atoms with Crippen molar-refractivity contribution in [1.29, 1.82) is 0 Å². The van der Waals surface area contributed by atoms with Gasteiger partial charge in [0.1, 0.15) is 17.4 Å². The second kappa shape index (κ2) is 7.72. The number of carboxylic acid groups (broad SMARTS) is 1. The zero-order valence-electron chi connectivity index (χ0n) is 13.5. The molecule has 0 aliphatic rings. The van der Waals surface area contributed by atoms with Crippen LogP contribution in [-0.4, -0.2) is 23.2 Å². The van der Waals surface area contributed by atoms with Crippen LogP contribution < -0.4 is 9.47 Å². The standard InChI is InChI=1S/C18H13ClFNO4S/c1-24-16-7-10(17-21-14(9-26-17)18(22)23)5-6-15(16)25-8-11-12(19)3-2-4-13(11)20/h2-7,9H,8H2,1H3,(H,22,23). The minimum absolute atomic E-state index is 0.0153. The van der Waals surface area contributed by atoms with Crippen LogP contribution in [0.3, 0.4) is 0 Å². The summed E-state index contributed by atoms with van der Waals surface area (Å²) in [5.74, 6) is -0.703. The summed E-state index contributed by atoms with van der Waals surface area (Å²) < 4.78 is 24.8. The van der Waals surface area contributed by atoms with E-state index in [-0.39, 0.29) is 22.9 Å². The minimum Gasteiger partial charge on any atom is -0.493 e. The monoisotopic (exact) mass is 393 g/mol. The molecule has 0 fully saturated rings. The number of hydrogen-bond donors (Lipinski definition) is 1. The number of carboxylic acids is 1. The van der Waals surface area contributed by atoms with E-state index in [1.54, 1.807) is 24.3 Å². The number of aromatic nitrogens is 1. The second-order valence-corrected chi connectivity index (χ2v) is 6.46. The Balaban J connectivity index is 1.83. The molecule has 0 saturated heterocycles. The molecule has 0 aliphatic heterocycles. The molecule has 0 unspecified atom stereocenters. The van der Waals surface area contributed by atoms with E-state index >= 15 is 0 Å². The molecule has 26 heavy (non-hydrogen) atoms. The van der Waals surface area contributed by atoms with Gasteiger partial charge in [0.05, 0.1) is 12.1 Å². The Morgan fingerprint density at radius 1 is 1.31 bits per heavy atom. The van der Waals surface area contributed by atoms with E-state index in [9.17, 15) is 9.18 Å². The maximum atomic E-state index is 13.8. The molecule has 1 N–H and O–H groups in total. The molecule has 0 atom stereocenters. The highest BCUT2D eigenvalue weighted by molar-refractivity contribution is 7.13. The molecule has 0 radical (unpaired) electrons. The Morgan fingerprint density at radius 2 is 2.12 bits per heavy atom. The third-order valence-electron chi connectivity index (χ3n) is 3.57. The van der Waals surface area contributed by atoms with Crippen LogP contribution in [0, 0.1) is 5.82 Å². The van der Waals surface area contributed by atoms with Crippen molar-refractivity contribution in [3.63, 3.8) is 0 Å². The maximum Gasteiger partial charge on any atom is 0.355 e. The topological polar surface area (TPSA) is 68.7 Å². The lowest BCUT2D eigenvalue weighted by Crippen LogP contribution is -2.01. The van der Waals surface area contributed by atoms with Gasteiger partial charge in [0, 0.05) is 16.5 Å². The largest absolute Gasteiger partial charge is 0.493 e. The molecule has 134 valence electrons. The zero-order valence-corrected chi connectivity index (χ0v) is 15.1. The van der Waals surface area contributed by atoms with Gasteiger partial charge in [-0.25, -0.2) is 14.2 Å². The quantitative estimate of drug-likeness (QED) is 0.645. The molecule has 3 rings (SSSR count). The summed E-state index contributed by atoms with van der Waals surface area (Å²) in [4.78, 5) is 15.0. The molecule has 1 aromatic heterocycles. The van der Waals surface area contributed by atoms with Gasteiger partial charge >= 0.3 is 5.97 Å². The van der Waals surface area contributed by atoms with Crippen LogP contribution in [0.5, 0.6) is 11.5 Å². The number of thiazole rings is 1. The normalized spacial score (nSPS) is 10.6. The third-order valence-corrected chi connectivity index (χ3v) is 4.81. The molecule has 2 aromatic carbocycles. The van der Waals surface area contributed by atoms with Gasteiger partial charge in [-0.15, -0.1) is 11.3 Å². The molecular formula is C18H13ClFNO4S. The Morgan fingerprint density at radius 3 is 2.77 bits per heavy atom. The maximum absolute atomic E-state index is 13.8. The fourth-order valence-corrected chi connectivity index (χ4v) is 3.25. The second-order valence-electron chi connectivity index (χ2n) is 5.20. The number of benzene rings is 2. The summed E-state index contributed by atoms with van der Waals surface area (Å²) in [5.41, 5.74) is 0.931. The van der Waals surface area contributed by atoms with Crippen LogP contribution in [0.25, 0.3) is 10.6 Å². The van der Waals surface area contributed by atoms with E-state index in [0.717, 1.165) is 0 Å². The van der Waals surface area contributed by atoms with E-state index in [1.165, 1.54) is 36.0 Å².